The summed E-state index contributed by atoms with van der Waals surface area (Å²) >= 11 is 0. The topological polar surface area (TPSA) is 105 Å². The van der Waals surface area contributed by atoms with E-state index in [9.17, 15) is 14.9 Å². The van der Waals surface area contributed by atoms with E-state index in [-0.39, 0.29) is 12.2 Å². The molecule has 1 rings (SSSR count). The number of aliphatic carboxylic acids is 1. The Labute approximate surface area is 110 Å². The molecule has 19 heavy (non-hydrogen) atoms. The maximum absolute atomic E-state index is 11.0. The van der Waals surface area contributed by atoms with Crippen molar-refractivity contribution in [1.82, 2.24) is 4.98 Å². The molecule has 0 aliphatic rings. The number of pyridine rings is 1. The minimum Gasteiger partial charge on any atom is -0.481 e. The third kappa shape index (κ3) is 4.20. The van der Waals surface area contributed by atoms with Crippen LogP contribution in [0.15, 0.2) is 12.3 Å². The maximum atomic E-state index is 11.0. The van der Waals surface area contributed by atoms with Crippen molar-refractivity contribution < 1.29 is 14.8 Å². The minimum atomic E-state index is -0.879. The highest BCUT2D eigenvalue weighted by molar-refractivity contribution is 5.70. The molecule has 0 bridgehead atoms. The highest BCUT2D eigenvalue weighted by Gasteiger charge is 2.17. The van der Waals surface area contributed by atoms with Crippen LogP contribution in [0.4, 0.5) is 11.5 Å². The van der Waals surface area contributed by atoms with E-state index < -0.39 is 16.8 Å². The molecule has 1 aromatic rings. The number of nitrogens with one attached hydrogen (secondary N) is 1. The molecule has 0 aliphatic heterocycles. The predicted octanol–water partition coefficient (Wildman–Crippen LogP) is 2.21. The van der Waals surface area contributed by atoms with Crippen LogP contribution in [0.2, 0.25) is 0 Å². The monoisotopic (exact) mass is 267 g/mol. The molecule has 7 nitrogen and oxygen atoms in total. The Balaban J connectivity index is 2.74. The summed E-state index contributed by atoms with van der Waals surface area (Å²) < 4.78 is 0. The van der Waals surface area contributed by atoms with Crippen molar-refractivity contribution in [3.63, 3.8) is 0 Å². The normalized spacial score (nSPS) is 11.9. The Kier molecular flexibility index (Phi) is 5.23. The lowest BCUT2D eigenvalue weighted by Crippen LogP contribution is -2.23. The fraction of sp³-hybridized carbons (Fsp3) is 0.500. The molecule has 0 spiro atoms. The fourth-order valence-electron chi connectivity index (χ4n) is 1.70. The quantitative estimate of drug-likeness (QED) is 0.579. The van der Waals surface area contributed by atoms with Gasteiger partial charge in [0.15, 0.2) is 0 Å². The molecule has 1 aromatic heterocycles. The molecule has 1 atom stereocenters. The lowest BCUT2D eigenvalue weighted by molar-refractivity contribution is -0.385. The maximum Gasteiger partial charge on any atom is 0.308 e. The Hall–Kier alpha value is -2.18. The van der Waals surface area contributed by atoms with Gasteiger partial charge in [-0.25, -0.2) is 4.98 Å². The van der Waals surface area contributed by atoms with Crippen LogP contribution < -0.4 is 5.32 Å². The van der Waals surface area contributed by atoms with Crippen molar-refractivity contribution >= 4 is 17.5 Å². The Morgan fingerprint density at radius 2 is 2.32 bits per heavy atom. The Morgan fingerprint density at radius 3 is 2.84 bits per heavy atom. The first kappa shape index (κ1) is 14.9. The lowest BCUT2D eigenvalue weighted by Gasteiger charge is -2.12. The summed E-state index contributed by atoms with van der Waals surface area (Å²) in [5.74, 6) is -1.08. The molecule has 2 N–H and O–H groups in total. The number of carboxylic acids is 1. The van der Waals surface area contributed by atoms with Gasteiger partial charge in [-0.1, -0.05) is 13.3 Å². The highest BCUT2D eigenvalue weighted by atomic mass is 16.6. The zero-order chi connectivity index (χ0) is 14.4. The van der Waals surface area contributed by atoms with E-state index in [1.807, 2.05) is 6.92 Å². The van der Waals surface area contributed by atoms with Crippen molar-refractivity contribution in [2.45, 2.75) is 26.7 Å². The Bertz CT molecular complexity index is 476. The van der Waals surface area contributed by atoms with Crippen LogP contribution in [0.1, 0.15) is 25.3 Å². The van der Waals surface area contributed by atoms with E-state index in [0.717, 1.165) is 6.42 Å². The number of nitro groups is 1. The summed E-state index contributed by atoms with van der Waals surface area (Å²) in [7, 11) is 0. The SMILES string of the molecule is CCCC(CNc1cc([N+](=O)[O-])c(C)cn1)C(=O)O. The number of hydrogen-bond acceptors (Lipinski definition) is 5. The van der Waals surface area contributed by atoms with Crippen LogP contribution in [0.3, 0.4) is 0 Å². The van der Waals surface area contributed by atoms with Gasteiger partial charge < -0.3 is 10.4 Å². The molecule has 7 heteroatoms. The standard InChI is InChI=1S/C12H17N3O4/c1-3-4-9(12(16)17)7-14-11-5-10(15(18)19)8(2)6-13-11/h5-6,9H,3-4,7H2,1-2H3,(H,13,14)(H,16,17). The number of aryl methyl sites for hydroxylation is 1. The number of carbonyl (C=O) groups is 1. The largest absolute Gasteiger partial charge is 0.481 e. The molecule has 104 valence electrons. The van der Waals surface area contributed by atoms with Crippen LogP contribution in [0.25, 0.3) is 0 Å². The second kappa shape index (κ2) is 6.67. The van der Waals surface area contributed by atoms with Crippen molar-refractivity contribution in [3.8, 4) is 0 Å². The van der Waals surface area contributed by atoms with Crippen LogP contribution in [-0.4, -0.2) is 27.5 Å². The Morgan fingerprint density at radius 1 is 1.63 bits per heavy atom. The van der Waals surface area contributed by atoms with Crippen LogP contribution in [0, 0.1) is 23.0 Å². The van der Waals surface area contributed by atoms with Gasteiger partial charge in [-0.05, 0) is 13.3 Å². The van der Waals surface area contributed by atoms with E-state index in [1.165, 1.54) is 12.3 Å². The summed E-state index contributed by atoms with van der Waals surface area (Å²) in [5, 5.41) is 22.6. The lowest BCUT2D eigenvalue weighted by atomic mass is 10.0. The molecule has 0 fully saturated rings. The van der Waals surface area contributed by atoms with Gasteiger partial charge in [0.2, 0.25) is 0 Å². The van der Waals surface area contributed by atoms with Crippen molar-refractivity contribution in [2.75, 3.05) is 11.9 Å². The summed E-state index contributed by atoms with van der Waals surface area (Å²) in [6.45, 7) is 3.72. The van der Waals surface area contributed by atoms with Gasteiger partial charge in [0.25, 0.3) is 5.69 Å². The van der Waals surface area contributed by atoms with E-state index in [2.05, 4.69) is 10.3 Å². The first-order chi connectivity index (χ1) is 8.95. The number of nitrogens with zero attached hydrogens (tertiary/aromatic N) is 2. The number of aromatic nitrogens is 1. The van der Waals surface area contributed by atoms with Crippen LogP contribution in [-0.2, 0) is 4.79 Å². The summed E-state index contributed by atoms with van der Waals surface area (Å²) in [6.07, 6.45) is 2.71. The fourth-order valence-corrected chi connectivity index (χ4v) is 1.70. The van der Waals surface area contributed by atoms with Gasteiger partial charge in [-0.3, -0.25) is 14.9 Å². The average Bonchev–Trinajstić information content (AvgIpc) is 2.35. The second-order valence-electron chi connectivity index (χ2n) is 4.32. The van der Waals surface area contributed by atoms with Gasteiger partial charge in [-0.15, -0.1) is 0 Å². The second-order valence-corrected chi connectivity index (χ2v) is 4.32. The minimum absolute atomic E-state index is 0.0279. The predicted molar refractivity (Wildman–Crippen MR) is 70.2 cm³/mol. The van der Waals surface area contributed by atoms with Crippen LogP contribution >= 0.6 is 0 Å². The van der Waals surface area contributed by atoms with Gasteiger partial charge in [0, 0.05) is 18.3 Å². The number of carboxylic acid groups (broad SMARTS) is 1. The molecule has 0 saturated heterocycles. The third-order valence-corrected chi connectivity index (χ3v) is 2.79. The van der Waals surface area contributed by atoms with Gasteiger partial charge >= 0.3 is 5.97 Å². The smallest absolute Gasteiger partial charge is 0.308 e. The van der Waals surface area contributed by atoms with Crippen molar-refractivity contribution in [1.29, 1.82) is 0 Å². The number of anilines is 1. The summed E-state index contributed by atoms with van der Waals surface area (Å²) in [6, 6.07) is 1.32. The first-order valence-corrected chi connectivity index (χ1v) is 6.03. The van der Waals surface area contributed by atoms with Gasteiger partial charge in [0.05, 0.1) is 16.9 Å². The third-order valence-electron chi connectivity index (χ3n) is 2.79. The number of hydrogen-bond donors (Lipinski definition) is 2. The van der Waals surface area contributed by atoms with E-state index in [4.69, 9.17) is 5.11 Å². The molecule has 1 heterocycles. The van der Waals surface area contributed by atoms with E-state index in [0.29, 0.717) is 17.8 Å². The zero-order valence-electron chi connectivity index (χ0n) is 10.9. The molecule has 0 aromatic carbocycles. The molecular formula is C12H17N3O4. The number of rotatable bonds is 7. The van der Waals surface area contributed by atoms with Crippen molar-refractivity contribution in [2.24, 2.45) is 5.92 Å². The van der Waals surface area contributed by atoms with E-state index >= 15 is 0 Å². The van der Waals surface area contributed by atoms with E-state index in [1.54, 1.807) is 6.92 Å². The molecule has 0 amide bonds. The molecule has 1 unspecified atom stereocenters. The molecule has 0 radical (unpaired) electrons. The van der Waals surface area contributed by atoms with Crippen LogP contribution in [0.5, 0.6) is 0 Å². The average molecular weight is 267 g/mol. The highest BCUT2D eigenvalue weighted by Crippen LogP contribution is 2.20. The van der Waals surface area contributed by atoms with Crippen molar-refractivity contribution in [3.05, 3.63) is 27.9 Å². The van der Waals surface area contributed by atoms with Gasteiger partial charge in [-0.2, -0.15) is 0 Å². The molecule has 0 saturated carbocycles. The zero-order valence-corrected chi connectivity index (χ0v) is 10.9. The molecular weight excluding hydrogens is 250 g/mol. The first-order valence-electron chi connectivity index (χ1n) is 6.03. The summed E-state index contributed by atoms with van der Waals surface area (Å²) in [5.41, 5.74) is 0.443. The van der Waals surface area contributed by atoms with Gasteiger partial charge in [0.1, 0.15) is 5.82 Å². The summed E-state index contributed by atoms with van der Waals surface area (Å²) in [4.78, 5) is 25.3. The molecule has 0 aliphatic carbocycles.